The van der Waals surface area contributed by atoms with Crippen molar-refractivity contribution in [3.8, 4) is 10.4 Å². The van der Waals surface area contributed by atoms with Gasteiger partial charge in [-0.3, -0.25) is 0 Å². The lowest BCUT2D eigenvalue weighted by Gasteiger charge is -2.25. The molecule has 0 aliphatic heterocycles. The summed E-state index contributed by atoms with van der Waals surface area (Å²) in [5, 5.41) is 6.32. The van der Waals surface area contributed by atoms with Gasteiger partial charge >= 0.3 is 0 Å². The molecule has 3 nitrogen and oxygen atoms in total. The monoisotopic (exact) mass is 262 g/mol. The van der Waals surface area contributed by atoms with Crippen LogP contribution < -0.4 is 5.73 Å². The Bertz CT molecular complexity index is 542. The first-order chi connectivity index (χ1) is 8.59. The van der Waals surface area contributed by atoms with E-state index in [2.05, 4.69) is 30.5 Å². The SMILES string of the molecule is CC1(C)CCCC1c1noc(N)c1-c1cccs1. The van der Waals surface area contributed by atoms with Crippen LogP contribution in [0.2, 0.25) is 0 Å². The van der Waals surface area contributed by atoms with Crippen LogP contribution in [0, 0.1) is 5.41 Å². The minimum atomic E-state index is 0.287. The topological polar surface area (TPSA) is 52.0 Å². The van der Waals surface area contributed by atoms with Gasteiger partial charge < -0.3 is 10.3 Å². The molecule has 0 radical (unpaired) electrons. The highest BCUT2D eigenvalue weighted by Gasteiger charge is 2.39. The molecule has 2 aromatic heterocycles. The quantitative estimate of drug-likeness (QED) is 0.878. The number of anilines is 1. The summed E-state index contributed by atoms with van der Waals surface area (Å²) in [5.74, 6) is 0.908. The van der Waals surface area contributed by atoms with E-state index in [1.807, 2.05) is 6.07 Å². The second-order valence-electron chi connectivity index (χ2n) is 5.72. The van der Waals surface area contributed by atoms with Crippen LogP contribution in [-0.2, 0) is 0 Å². The zero-order valence-corrected chi connectivity index (χ0v) is 11.6. The fourth-order valence-electron chi connectivity index (χ4n) is 3.06. The van der Waals surface area contributed by atoms with Crippen molar-refractivity contribution < 1.29 is 4.52 Å². The maximum absolute atomic E-state index is 5.97. The second kappa shape index (κ2) is 4.12. The van der Waals surface area contributed by atoms with Gasteiger partial charge in [0.1, 0.15) is 0 Å². The highest BCUT2D eigenvalue weighted by molar-refractivity contribution is 7.13. The maximum Gasteiger partial charge on any atom is 0.231 e. The van der Waals surface area contributed by atoms with E-state index in [0.717, 1.165) is 16.1 Å². The van der Waals surface area contributed by atoms with Crippen molar-refractivity contribution in [3.63, 3.8) is 0 Å². The predicted octanol–water partition coefficient (Wildman–Crippen LogP) is 4.28. The summed E-state index contributed by atoms with van der Waals surface area (Å²) in [6.45, 7) is 4.63. The molecular weight excluding hydrogens is 244 g/mol. The molecule has 0 aromatic carbocycles. The predicted molar refractivity (Wildman–Crippen MR) is 74.6 cm³/mol. The molecule has 1 aliphatic rings. The van der Waals surface area contributed by atoms with Crippen LogP contribution in [0.15, 0.2) is 22.0 Å². The normalized spacial score (nSPS) is 22.4. The fraction of sp³-hybridized carbons (Fsp3) is 0.500. The molecule has 1 unspecified atom stereocenters. The Kier molecular flexibility index (Phi) is 2.70. The minimum Gasteiger partial charge on any atom is -0.367 e. The van der Waals surface area contributed by atoms with Crippen LogP contribution in [0.4, 0.5) is 5.88 Å². The molecule has 0 bridgehead atoms. The van der Waals surface area contributed by atoms with Gasteiger partial charge in [0.05, 0.1) is 11.3 Å². The molecule has 1 fully saturated rings. The first-order valence-corrected chi connectivity index (χ1v) is 7.26. The highest BCUT2D eigenvalue weighted by Crippen LogP contribution is 2.51. The lowest BCUT2D eigenvalue weighted by molar-refractivity contribution is 0.314. The van der Waals surface area contributed by atoms with Gasteiger partial charge in [-0.2, -0.15) is 0 Å². The first kappa shape index (κ1) is 11.8. The van der Waals surface area contributed by atoms with Crippen molar-refractivity contribution in [2.75, 3.05) is 5.73 Å². The second-order valence-corrected chi connectivity index (χ2v) is 6.67. The van der Waals surface area contributed by atoms with E-state index in [-0.39, 0.29) is 5.41 Å². The van der Waals surface area contributed by atoms with E-state index in [0.29, 0.717) is 11.8 Å². The number of hydrogen-bond donors (Lipinski definition) is 1. The molecule has 0 amide bonds. The Morgan fingerprint density at radius 3 is 2.94 bits per heavy atom. The van der Waals surface area contributed by atoms with Gasteiger partial charge in [-0.1, -0.05) is 31.5 Å². The van der Waals surface area contributed by atoms with Crippen LogP contribution in [0.1, 0.15) is 44.7 Å². The fourth-order valence-corrected chi connectivity index (χ4v) is 3.84. The number of nitrogens with two attached hydrogens (primary N) is 1. The molecule has 2 heterocycles. The van der Waals surface area contributed by atoms with Crippen molar-refractivity contribution >= 4 is 17.2 Å². The van der Waals surface area contributed by atoms with E-state index >= 15 is 0 Å². The number of hydrogen-bond acceptors (Lipinski definition) is 4. The Balaban J connectivity index is 2.09. The standard InChI is InChI=1S/C14H18N2OS/c1-14(2)7-3-5-9(14)12-11(13(15)17-16-12)10-6-4-8-18-10/h4,6,8-9H,3,5,7,15H2,1-2H3. The molecule has 96 valence electrons. The third-order valence-corrected chi connectivity index (χ3v) is 4.99. The van der Waals surface area contributed by atoms with Crippen molar-refractivity contribution in [1.29, 1.82) is 0 Å². The summed E-state index contributed by atoms with van der Waals surface area (Å²) in [6, 6.07) is 4.12. The van der Waals surface area contributed by atoms with Crippen molar-refractivity contribution in [3.05, 3.63) is 23.2 Å². The Morgan fingerprint density at radius 1 is 1.50 bits per heavy atom. The summed E-state index contributed by atoms with van der Waals surface area (Å²) in [6.07, 6.45) is 3.68. The van der Waals surface area contributed by atoms with Crippen molar-refractivity contribution in [2.45, 2.75) is 39.0 Å². The molecule has 18 heavy (non-hydrogen) atoms. The Labute approximate surface area is 111 Å². The van der Waals surface area contributed by atoms with E-state index in [1.165, 1.54) is 19.3 Å². The molecular formula is C14H18N2OS. The summed E-state index contributed by atoms with van der Waals surface area (Å²) >= 11 is 1.69. The largest absolute Gasteiger partial charge is 0.367 e. The Hall–Kier alpha value is -1.29. The third kappa shape index (κ3) is 1.75. The van der Waals surface area contributed by atoms with E-state index in [9.17, 15) is 0 Å². The lowest BCUT2D eigenvalue weighted by atomic mass is 9.79. The minimum absolute atomic E-state index is 0.287. The van der Waals surface area contributed by atoms with Gasteiger partial charge in [0.15, 0.2) is 0 Å². The van der Waals surface area contributed by atoms with Gasteiger partial charge in [-0.05, 0) is 29.7 Å². The highest BCUT2D eigenvalue weighted by atomic mass is 32.1. The first-order valence-electron chi connectivity index (χ1n) is 6.38. The van der Waals surface area contributed by atoms with E-state index in [1.54, 1.807) is 11.3 Å². The zero-order chi connectivity index (χ0) is 12.8. The van der Waals surface area contributed by atoms with Crippen molar-refractivity contribution in [2.24, 2.45) is 5.41 Å². The summed E-state index contributed by atoms with van der Waals surface area (Å²) in [4.78, 5) is 1.16. The molecule has 1 saturated carbocycles. The average Bonchev–Trinajstić information content (AvgIpc) is 2.98. The maximum atomic E-state index is 5.97. The molecule has 0 spiro atoms. The van der Waals surface area contributed by atoms with Crippen LogP contribution >= 0.6 is 11.3 Å². The third-order valence-electron chi connectivity index (χ3n) is 4.10. The van der Waals surface area contributed by atoms with Crippen molar-refractivity contribution in [1.82, 2.24) is 5.16 Å². The van der Waals surface area contributed by atoms with E-state index < -0.39 is 0 Å². The number of nitrogens with zero attached hydrogens (tertiary/aromatic N) is 1. The van der Waals surface area contributed by atoms with Gasteiger partial charge in [0.25, 0.3) is 0 Å². The van der Waals surface area contributed by atoms with Gasteiger partial charge in [0.2, 0.25) is 5.88 Å². The van der Waals surface area contributed by atoms with Gasteiger partial charge in [-0.25, -0.2) is 0 Å². The lowest BCUT2D eigenvalue weighted by Crippen LogP contribution is -2.16. The summed E-state index contributed by atoms with van der Waals surface area (Å²) in [7, 11) is 0. The number of rotatable bonds is 2. The number of aromatic nitrogens is 1. The number of nitrogen functional groups attached to an aromatic ring is 1. The van der Waals surface area contributed by atoms with Crippen LogP contribution in [0.3, 0.4) is 0 Å². The molecule has 1 atom stereocenters. The smallest absolute Gasteiger partial charge is 0.231 e. The summed E-state index contributed by atoms with van der Waals surface area (Å²) in [5.41, 5.74) is 8.32. The molecule has 2 N–H and O–H groups in total. The average molecular weight is 262 g/mol. The van der Waals surface area contributed by atoms with Gasteiger partial charge in [0, 0.05) is 10.8 Å². The molecule has 3 rings (SSSR count). The van der Waals surface area contributed by atoms with E-state index in [4.69, 9.17) is 10.3 Å². The van der Waals surface area contributed by atoms with Crippen LogP contribution in [0.25, 0.3) is 10.4 Å². The van der Waals surface area contributed by atoms with Crippen LogP contribution in [0.5, 0.6) is 0 Å². The molecule has 4 heteroatoms. The molecule has 2 aromatic rings. The van der Waals surface area contributed by atoms with Crippen LogP contribution in [-0.4, -0.2) is 5.16 Å². The number of thiophene rings is 1. The zero-order valence-electron chi connectivity index (χ0n) is 10.8. The van der Waals surface area contributed by atoms with Gasteiger partial charge in [-0.15, -0.1) is 11.3 Å². The molecule has 0 saturated heterocycles. The Morgan fingerprint density at radius 2 is 2.33 bits per heavy atom. The summed E-state index contributed by atoms with van der Waals surface area (Å²) < 4.78 is 5.26. The molecule has 1 aliphatic carbocycles.